The van der Waals surface area contributed by atoms with E-state index in [-0.39, 0.29) is 17.4 Å². The zero-order valence-electron chi connectivity index (χ0n) is 13.6. The molecule has 1 N–H and O–H groups in total. The fourth-order valence-electron chi connectivity index (χ4n) is 2.46. The van der Waals surface area contributed by atoms with E-state index in [1.165, 1.54) is 6.20 Å². The normalized spacial score (nSPS) is 18.7. The van der Waals surface area contributed by atoms with Crippen molar-refractivity contribution in [2.75, 3.05) is 18.4 Å². The number of anilines is 1. The van der Waals surface area contributed by atoms with Gasteiger partial charge in [-0.1, -0.05) is 11.6 Å². The number of halogens is 2. The van der Waals surface area contributed by atoms with Crippen LogP contribution in [0.3, 0.4) is 0 Å². The molecule has 1 amide bonds. The zero-order chi connectivity index (χ0) is 17.0. The first-order valence-electron chi connectivity index (χ1n) is 7.68. The Balaban J connectivity index is 2.01. The van der Waals surface area contributed by atoms with Gasteiger partial charge in [-0.25, -0.2) is 9.78 Å². The Morgan fingerprint density at radius 3 is 2.87 bits per heavy atom. The summed E-state index contributed by atoms with van der Waals surface area (Å²) < 4.78 is 5.49. The molecule has 8 heteroatoms. The number of likely N-dealkylation sites (tertiary alicyclic amines) is 1. The molecule has 128 valence electrons. The van der Waals surface area contributed by atoms with Crippen molar-refractivity contribution in [2.24, 2.45) is 0 Å². The fourth-order valence-corrected chi connectivity index (χ4v) is 2.75. The molecule has 1 aliphatic heterocycles. The van der Waals surface area contributed by atoms with Crippen molar-refractivity contribution >= 4 is 35.1 Å². The summed E-state index contributed by atoms with van der Waals surface area (Å²) in [5.41, 5.74) is -0.504. The first-order chi connectivity index (χ1) is 10.8. The van der Waals surface area contributed by atoms with Crippen LogP contribution in [0.5, 0.6) is 0 Å². The molecule has 0 bridgehead atoms. The molecule has 0 aliphatic carbocycles. The number of carbonyl (C=O) groups is 1. The van der Waals surface area contributed by atoms with Crippen LogP contribution in [0.4, 0.5) is 10.6 Å². The molecule has 1 aliphatic rings. The molecule has 2 rings (SSSR count). The quantitative estimate of drug-likeness (QED) is 0.825. The van der Waals surface area contributed by atoms with E-state index in [4.69, 9.17) is 27.9 Å². The summed E-state index contributed by atoms with van der Waals surface area (Å²) in [6.07, 6.45) is 4.13. The van der Waals surface area contributed by atoms with Crippen molar-refractivity contribution in [3.05, 3.63) is 16.5 Å². The molecular weight excluding hydrogens is 339 g/mol. The van der Waals surface area contributed by atoms with E-state index in [0.29, 0.717) is 23.9 Å². The van der Waals surface area contributed by atoms with Gasteiger partial charge in [-0.15, -0.1) is 0 Å². The molecule has 0 saturated carbocycles. The van der Waals surface area contributed by atoms with Crippen LogP contribution in [-0.2, 0) is 4.74 Å². The van der Waals surface area contributed by atoms with Gasteiger partial charge in [0, 0.05) is 13.1 Å². The number of ether oxygens (including phenoxy) is 1. The maximum Gasteiger partial charge on any atom is 0.410 e. The summed E-state index contributed by atoms with van der Waals surface area (Å²) in [5, 5.41) is 3.68. The van der Waals surface area contributed by atoms with Crippen LogP contribution in [0.2, 0.25) is 10.3 Å². The number of nitrogens with zero attached hydrogens (tertiary/aromatic N) is 3. The third-order valence-electron chi connectivity index (χ3n) is 3.47. The highest BCUT2D eigenvalue weighted by molar-refractivity contribution is 6.33. The molecule has 2 heterocycles. The number of carbonyl (C=O) groups excluding carboxylic acids is 1. The standard InChI is InChI=1S/C15H22Cl2N4O2/c1-15(2,3)23-14(22)21-7-5-4-6-10(21)8-18-12-11(16)9-19-13(17)20-12/h9-10H,4-8H2,1-3H3,(H,18,19,20)/t10-/m0/s1. The minimum atomic E-state index is -0.504. The lowest BCUT2D eigenvalue weighted by Gasteiger charge is -2.36. The van der Waals surface area contributed by atoms with E-state index < -0.39 is 5.60 Å². The maximum absolute atomic E-state index is 12.4. The van der Waals surface area contributed by atoms with Crippen LogP contribution in [-0.4, -0.2) is 45.7 Å². The van der Waals surface area contributed by atoms with Gasteiger partial charge in [0.1, 0.15) is 16.4 Å². The number of rotatable bonds is 3. The van der Waals surface area contributed by atoms with Crippen molar-refractivity contribution in [1.29, 1.82) is 0 Å². The van der Waals surface area contributed by atoms with Gasteiger partial charge in [0.05, 0.1) is 12.2 Å². The average molecular weight is 361 g/mol. The van der Waals surface area contributed by atoms with Gasteiger partial charge >= 0.3 is 6.09 Å². The third-order valence-corrected chi connectivity index (χ3v) is 3.93. The topological polar surface area (TPSA) is 67.3 Å². The number of aromatic nitrogens is 2. The molecule has 1 atom stereocenters. The monoisotopic (exact) mass is 360 g/mol. The summed E-state index contributed by atoms with van der Waals surface area (Å²) in [7, 11) is 0. The van der Waals surface area contributed by atoms with Crippen LogP contribution >= 0.6 is 23.2 Å². The second kappa shape index (κ2) is 7.53. The van der Waals surface area contributed by atoms with Gasteiger partial charge < -0.3 is 15.0 Å². The SMILES string of the molecule is CC(C)(C)OC(=O)N1CCCC[C@H]1CNc1nc(Cl)ncc1Cl. The lowest BCUT2D eigenvalue weighted by atomic mass is 10.0. The van der Waals surface area contributed by atoms with Gasteiger partial charge in [0.25, 0.3) is 0 Å². The zero-order valence-corrected chi connectivity index (χ0v) is 15.1. The van der Waals surface area contributed by atoms with Crippen LogP contribution in [0.1, 0.15) is 40.0 Å². The number of piperidine rings is 1. The summed E-state index contributed by atoms with van der Waals surface area (Å²) in [5.74, 6) is 0.473. The Bertz CT molecular complexity index is 563. The van der Waals surface area contributed by atoms with E-state index in [1.807, 2.05) is 20.8 Å². The van der Waals surface area contributed by atoms with Crippen molar-refractivity contribution in [3.8, 4) is 0 Å². The van der Waals surface area contributed by atoms with Gasteiger partial charge in [-0.05, 0) is 51.6 Å². The van der Waals surface area contributed by atoms with Gasteiger partial charge in [0.2, 0.25) is 5.28 Å². The van der Waals surface area contributed by atoms with E-state index in [0.717, 1.165) is 19.3 Å². The minimum absolute atomic E-state index is 0.0309. The Hall–Kier alpha value is -1.27. The van der Waals surface area contributed by atoms with E-state index in [9.17, 15) is 4.79 Å². The maximum atomic E-state index is 12.4. The summed E-state index contributed by atoms with van der Waals surface area (Å²) >= 11 is 11.8. The highest BCUT2D eigenvalue weighted by atomic mass is 35.5. The van der Waals surface area contributed by atoms with Gasteiger partial charge in [-0.2, -0.15) is 4.98 Å². The van der Waals surface area contributed by atoms with Crippen molar-refractivity contribution in [1.82, 2.24) is 14.9 Å². The third kappa shape index (κ3) is 5.39. The predicted molar refractivity (Wildman–Crippen MR) is 91.1 cm³/mol. The number of hydrogen-bond acceptors (Lipinski definition) is 5. The van der Waals surface area contributed by atoms with Gasteiger partial charge in [0.15, 0.2) is 0 Å². The molecule has 0 unspecified atom stereocenters. The number of amides is 1. The molecule has 1 fully saturated rings. The average Bonchev–Trinajstić information content (AvgIpc) is 2.47. The minimum Gasteiger partial charge on any atom is -0.444 e. The Kier molecular flexibility index (Phi) is 5.92. The van der Waals surface area contributed by atoms with Gasteiger partial charge in [-0.3, -0.25) is 0 Å². The number of hydrogen-bond donors (Lipinski definition) is 1. The van der Waals surface area contributed by atoms with Crippen LogP contribution in [0.15, 0.2) is 6.20 Å². The molecule has 0 spiro atoms. The van der Waals surface area contributed by atoms with Crippen LogP contribution in [0, 0.1) is 0 Å². The molecule has 23 heavy (non-hydrogen) atoms. The summed E-state index contributed by atoms with van der Waals surface area (Å²) in [6.45, 7) is 6.83. The largest absolute Gasteiger partial charge is 0.444 e. The summed E-state index contributed by atoms with van der Waals surface area (Å²) in [4.78, 5) is 22.0. The van der Waals surface area contributed by atoms with Crippen LogP contribution in [0.25, 0.3) is 0 Å². The molecule has 0 aromatic carbocycles. The lowest BCUT2D eigenvalue weighted by Crippen LogP contribution is -2.49. The number of nitrogens with one attached hydrogen (secondary N) is 1. The lowest BCUT2D eigenvalue weighted by molar-refractivity contribution is 0.0114. The molecule has 0 radical (unpaired) electrons. The molecular formula is C15H22Cl2N4O2. The predicted octanol–water partition coefficient (Wildman–Crippen LogP) is 3.98. The van der Waals surface area contributed by atoms with Crippen LogP contribution < -0.4 is 5.32 Å². The molecule has 1 aromatic heterocycles. The van der Waals surface area contributed by atoms with Crippen molar-refractivity contribution in [2.45, 2.75) is 51.7 Å². The highest BCUT2D eigenvalue weighted by Crippen LogP contribution is 2.23. The molecule has 1 saturated heterocycles. The molecule has 1 aromatic rings. The second-order valence-corrected chi connectivity index (χ2v) is 7.29. The smallest absolute Gasteiger partial charge is 0.410 e. The second-order valence-electron chi connectivity index (χ2n) is 6.54. The van der Waals surface area contributed by atoms with Crippen molar-refractivity contribution < 1.29 is 9.53 Å². The summed E-state index contributed by atoms with van der Waals surface area (Å²) in [6, 6.07) is 0.0309. The Morgan fingerprint density at radius 2 is 2.17 bits per heavy atom. The first-order valence-corrected chi connectivity index (χ1v) is 8.43. The van der Waals surface area contributed by atoms with E-state index in [1.54, 1.807) is 4.90 Å². The Morgan fingerprint density at radius 1 is 1.43 bits per heavy atom. The first kappa shape index (κ1) is 18.1. The highest BCUT2D eigenvalue weighted by Gasteiger charge is 2.30. The Labute approximate surface area is 146 Å². The molecule has 6 nitrogen and oxygen atoms in total. The van der Waals surface area contributed by atoms with Crippen molar-refractivity contribution in [3.63, 3.8) is 0 Å². The fraction of sp³-hybridized carbons (Fsp3) is 0.667. The van der Waals surface area contributed by atoms with E-state index in [2.05, 4.69) is 15.3 Å². The van der Waals surface area contributed by atoms with E-state index >= 15 is 0 Å².